The number of halogens is 1. The normalized spacial score (nSPS) is 16.9. The molecule has 5 heteroatoms. The van der Waals surface area contributed by atoms with Crippen LogP contribution < -0.4 is 15.4 Å². The molecule has 104 valence electrons. The van der Waals surface area contributed by atoms with Crippen LogP contribution in [-0.4, -0.2) is 18.6 Å². The second-order valence-electron chi connectivity index (χ2n) is 4.98. The highest BCUT2D eigenvalue weighted by atomic mass is 35.5. The van der Waals surface area contributed by atoms with Gasteiger partial charge in [-0.2, -0.15) is 0 Å². The van der Waals surface area contributed by atoms with Gasteiger partial charge in [0.15, 0.2) is 6.61 Å². The molecule has 1 aromatic rings. The van der Waals surface area contributed by atoms with E-state index in [1.54, 1.807) is 6.07 Å². The van der Waals surface area contributed by atoms with Gasteiger partial charge in [0.2, 0.25) is 0 Å². The van der Waals surface area contributed by atoms with E-state index in [0.29, 0.717) is 28.4 Å². The number of hydrogen-bond donors (Lipinski definition) is 2. The summed E-state index contributed by atoms with van der Waals surface area (Å²) in [5.41, 5.74) is 1.47. The zero-order valence-electron chi connectivity index (χ0n) is 11.4. The summed E-state index contributed by atoms with van der Waals surface area (Å²) in [6.07, 6.45) is 1.10. The number of fused-ring (bicyclic) bond motifs is 1. The van der Waals surface area contributed by atoms with Gasteiger partial charge in [0.1, 0.15) is 5.75 Å². The van der Waals surface area contributed by atoms with Crippen molar-refractivity contribution in [2.24, 2.45) is 5.92 Å². The number of benzene rings is 1. The molecule has 2 N–H and O–H groups in total. The summed E-state index contributed by atoms with van der Waals surface area (Å²) in [4.78, 5) is 11.2. The lowest BCUT2D eigenvalue weighted by atomic mass is 10.0. The summed E-state index contributed by atoms with van der Waals surface area (Å²) in [7, 11) is 0. The molecule has 0 fully saturated rings. The Labute approximate surface area is 118 Å². The number of amides is 1. The van der Waals surface area contributed by atoms with Crippen LogP contribution in [0, 0.1) is 5.92 Å². The van der Waals surface area contributed by atoms with Crippen LogP contribution in [-0.2, 0) is 4.79 Å². The first-order valence-electron chi connectivity index (χ1n) is 6.54. The lowest BCUT2D eigenvalue weighted by Crippen LogP contribution is -2.26. The van der Waals surface area contributed by atoms with Crippen molar-refractivity contribution in [2.45, 2.75) is 33.2 Å². The fourth-order valence-corrected chi connectivity index (χ4v) is 2.17. The van der Waals surface area contributed by atoms with Gasteiger partial charge in [0.05, 0.1) is 16.4 Å². The van der Waals surface area contributed by atoms with Crippen molar-refractivity contribution >= 4 is 28.9 Å². The molecule has 1 aliphatic heterocycles. The largest absolute Gasteiger partial charge is 0.482 e. The average molecular weight is 283 g/mol. The maximum absolute atomic E-state index is 11.2. The van der Waals surface area contributed by atoms with E-state index < -0.39 is 0 Å². The molecule has 1 heterocycles. The quantitative estimate of drug-likeness (QED) is 0.888. The molecule has 0 saturated carbocycles. The zero-order valence-corrected chi connectivity index (χ0v) is 12.2. The van der Waals surface area contributed by atoms with Crippen LogP contribution in [0.15, 0.2) is 12.1 Å². The maximum Gasteiger partial charge on any atom is 0.262 e. The Bertz CT molecular complexity index is 491. The van der Waals surface area contributed by atoms with Crippen LogP contribution in [0.4, 0.5) is 11.4 Å². The molecule has 0 spiro atoms. The number of hydrogen-bond acceptors (Lipinski definition) is 3. The molecular weight excluding hydrogens is 264 g/mol. The molecule has 2 unspecified atom stereocenters. The second kappa shape index (κ2) is 5.70. The van der Waals surface area contributed by atoms with E-state index in [2.05, 4.69) is 31.4 Å². The van der Waals surface area contributed by atoms with Gasteiger partial charge in [0, 0.05) is 12.1 Å². The van der Waals surface area contributed by atoms with Gasteiger partial charge in [-0.1, -0.05) is 31.9 Å². The highest BCUT2D eigenvalue weighted by Crippen LogP contribution is 2.36. The molecule has 1 aromatic carbocycles. The molecule has 1 aliphatic rings. The minimum atomic E-state index is -0.155. The van der Waals surface area contributed by atoms with Crippen molar-refractivity contribution < 1.29 is 9.53 Å². The van der Waals surface area contributed by atoms with Crippen molar-refractivity contribution in [3.05, 3.63) is 17.2 Å². The molecule has 2 atom stereocenters. The molecule has 0 saturated heterocycles. The van der Waals surface area contributed by atoms with E-state index in [1.165, 1.54) is 0 Å². The molecule has 0 radical (unpaired) electrons. The van der Waals surface area contributed by atoms with E-state index >= 15 is 0 Å². The average Bonchev–Trinajstić information content (AvgIpc) is 2.38. The first-order chi connectivity index (χ1) is 9.01. The van der Waals surface area contributed by atoms with E-state index in [4.69, 9.17) is 16.3 Å². The fraction of sp³-hybridized carbons (Fsp3) is 0.500. The van der Waals surface area contributed by atoms with Gasteiger partial charge in [0.25, 0.3) is 5.91 Å². The van der Waals surface area contributed by atoms with Crippen LogP contribution in [0.3, 0.4) is 0 Å². The molecule has 0 aliphatic carbocycles. The Balaban J connectivity index is 2.21. The van der Waals surface area contributed by atoms with E-state index in [9.17, 15) is 4.79 Å². The first-order valence-corrected chi connectivity index (χ1v) is 6.91. The van der Waals surface area contributed by atoms with E-state index in [-0.39, 0.29) is 12.5 Å². The minimum Gasteiger partial charge on any atom is -0.482 e. The third-order valence-corrected chi connectivity index (χ3v) is 3.90. The Hall–Kier alpha value is -1.42. The van der Waals surface area contributed by atoms with Crippen molar-refractivity contribution in [1.29, 1.82) is 0 Å². The fourth-order valence-electron chi connectivity index (χ4n) is 1.95. The highest BCUT2D eigenvalue weighted by molar-refractivity contribution is 6.33. The van der Waals surface area contributed by atoms with Crippen molar-refractivity contribution in [3.63, 3.8) is 0 Å². The number of ether oxygens (including phenoxy) is 1. The summed E-state index contributed by atoms with van der Waals surface area (Å²) in [6, 6.07) is 3.88. The maximum atomic E-state index is 11.2. The zero-order chi connectivity index (χ0) is 14.0. The monoisotopic (exact) mass is 282 g/mol. The smallest absolute Gasteiger partial charge is 0.262 e. The Morgan fingerprint density at radius 2 is 2.21 bits per heavy atom. The van der Waals surface area contributed by atoms with Crippen molar-refractivity contribution in [3.8, 4) is 5.75 Å². The van der Waals surface area contributed by atoms with Crippen LogP contribution in [0.5, 0.6) is 5.75 Å². The van der Waals surface area contributed by atoms with Crippen LogP contribution in [0.2, 0.25) is 5.02 Å². The van der Waals surface area contributed by atoms with Crippen LogP contribution in [0.1, 0.15) is 27.2 Å². The number of rotatable bonds is 4. The lowest BCUT2D eigenvalue weighted by Gasteiger charge is -2.24. The van der Waals surface area contributed by atoms with Gasteiger partial charge in [-0.15, -0.1) is 0 Å². The number of carbonyl (C=O) groups is 1. The van der Waals surface area contributed by atoms with Crippen molar-refractivity contribution in [2.75, 3.05) is 17.2 Å². The molecule has 0 bridgehead atoms. The predicted molar refractivity (Wildman–Crippen MR) is 78.1 cm³/mol. The van der Waals surface area contributed by atoms with Gasteiger partial charge in [-0.25, -0.2) is 0 Å². The van der Waals surface area contributed by atoms with Gasteiger partial charge in [-0.3, -0.25) is 4.79 Å². The standard InChI is InChI=1S/C14H19ClN2O2/c1-4-8(2)9(3)16-11-6-13-12(5-10(11)15)17-14(18)7-19-13/h5-6,8-9,16H,4,7H2,1-3H3,(H,17,18). The first kappa shape index (κ1) is 14.0. The molecule has 19 heavy (non-hydrogen) atoms. The second-order valence-corrected chi connectivity index (χ2v) is 5.39. The van der Waals surface area contributed by atoms with Gasteiger partial charge < -0.3 is 15.4 Å². The summed E-state index contributed by atoms with van der Waals surface area (Å²) in [6.45, 7) is 6.54. The number of nitrogens with one attached hydrogen (secondary N) is 2. The van der Waals surface area contributed by atoms with Crippen LogP contribution in [0.25, 0.3) is 0 Å². The Morgan fingerprint density at radius 1 is 1.47 bits per heavy atom. The topological polar surface area (TPSA) is 50.4 Å². The summed E-state index contributed by atoms with van der Waals surface area (Å²) >= 11 is 6.23. The third kappa shape index (κ3) is 3.13. The summed E-state index contributed by atoms with van der Waals surface area (Å²) in [5, 5.41) is 6.72. The highest BCUT2D eigenvalue weighted by Gasteiger charge is 2.19. The third-order valence-electron chi connectivity index (χ3n) is 3.58. The minimum absolute atomic E-state index is 0.0506. The lowest BCUT2D eigenvalue weighted by molar-refractivity contribution is -0.118. The molecule has 1 amide bonds. The molecule has 4 nitrogen and oxygen atoms in total. The predicted octanol–water partition coefficient (Wildman–Crippen LogP) is 3.52. The number of anilines is 2. The summed E-state index contributed by atoms with van der Waals surface area (Å²) in [5.74, 6) is 1.05. The van der Waals surface area contributed by atoms with Gasteiger partial charge >= 0.3 is 0 Å². The molecule has 0 aromatic heterocycles. The Kier molecular flexibility index (Phi) is 4.20. The Morgan fingerprint density at radius 3 is 2.89 bits per heavy atom. The van der Waals surface area contributed by atoms with Crippen LogP contribution >= 0.6 is 11.6 Å². The van der Waals surface area contributed by atoms with Crippen molar-refractivity contribution in [1.82, 2.24) is 0 Å². The SMILES string of the molecule is CCC(C)C(C)Nc1cc2c(cc1Cl)NC(=O)CO2. The summed E-state index contributed by atoms with van der Waals surface area (Å²) < 4.78 is 5.39. The number of carbonyl (C=O) groups excluding carboxylic acids is 1. The van der Waals surface area contributed by atoms with Gasteiger partial charge in [-0.05, 0) is 18.9 Å². The molecule has 2 rings (SSSR count). The van der Waals surface area contributed by atoms with E-state index in [1.807, 2.05) is 6.07 Å². The molecular formula is C14H19ClN2O2. The van der Waals surface area contributed by atoms with E-state index in [0.717, 1.165) is 12.1 Å².